The average molecular weight is 277 g/mol. The van der Waals surface area contributed by atoms with Gasteiger partial charge in [-0.2, -0.15) is 0 Å². The molecule has 0 aromatic rings. The quantitative estimate of drug-likeness (QED) is 0.800. The molecular weight excluding hydrogens is 252 g/mol. The third-order valence-electron chi connectivity index (χ3n) is 4.06. The normalized spacial score (nSPS) is 36.6. The maximum atomic E-state index is 12.1. The highest BCUT2D eigenvalue weighted by molar-refractivity contribution is 5.85. The molecule has 1 amide bonds. The van der Waals surface area contributed by atoms with Gasteiger partial charge in [0, 0.05) is 18.7 Å². The van der Waals surface area contributed by atoms with Crippen LogP contribution in [0.15, 0.2) is 0 Å². The van der Waals surface area contributed by atoms with Gasteiger partial charge in [0.1, 0.15) is 0 Å². The van der Waals surface area contributed by atoms with E-state index in [0.717, 1.165) is 32.4 Å². The fourth-order valence-electron chi connectivity index (χ4n) is 2.83. The monoisotopic (exact) mass is 276 g/mol. The molecule has 18 heavy (non-hydrogen) atoms. The highest BCUT2D eigenvalue weighted by Gasteiger charge is 2.31. The van der Waals surface area contributed by atoms with E-state index in [4.69, 9.17) is 4.74 Å². The van der Waals surface area contributed by atoms with Gasteiger partial charge in [-0.1, -0.05) is 6.92 Å². The summed E-state index contributed by atoms with van der Waals surface area (Å²) in [5, 5.41) is 6.63. The Morgan fingerprint density at radius 3 is 2.72 bits per heavy atom. The van der Waals surface area contributed by atoms with Crippen LogP contribution in [-0.2, 0) is 9.53 Å². The van der Waals surface area contributed by atoms with Crippen molar-refractivity contribution in [3.05, 3.63) is 0 Å². The number of amides is 1. The number of hydrogen-bond acceptors (Lipinski definition) is 3. The lowest BCUT2D eigenvalue weighted by Crippen LogP contribution is -2.57. The number of carbonyl (C=O) groups excluding carboxylic acids is 1. The molecule has 0 saturated carbocycles. The van der Waals surface area contributed by atoms with E-state index in [-0.39, 0.29) is 30.3 Å². The first kappa shape index (κ1) is 15.7. The Kier molecular flexibility index (Phi) is 6.39. The summed E-state index contributed by atoms with van der Waals surface area (Å²) >= 11 is 0. The zero-order chi connectivity index (χ0) is 12.3. The summed E-state index contributed by atoms with van der Waals surface area (Å²) < 4.78 is 5.37. The predicted molar refractivity (Wildman–Crippen MR) is 74.0 cm³/mol. The van der Waals surface area contributed by atoms with Crippen molar-refractivity contribution in [2.45, 2.75) is 45.2 Å². The largest absolute Gasteiger partial charge is 0.381 e. The average Bonchev–Trinajstić information content (AvgIpc) is 2.35. The first-order valence-corrected chi connectivity index (χ1v) is 6.80. The van der Waals surface area contributed by atoms with E-state index < -0.39 is 0 Å². The third-order valence-corrected chi connectivity index (χ3v) is 4.06. The Morgan fingerprint density at radius 1 is 1.33 bits per heavy atom. The molecule has 2 aliphatic heterocycles. The van der Waals surface area contributed by atoms with Crippen LogP contribution < -0.4 is 10.6 Å². The van der Waals surface area contributed by atoms with Gasteiger partial charge < -0.3 is 15.4 Å². The smallest absolute Gasteiger partial charge is 0.225 e. The summed E-state index contributed by atoms with van der Waals surface area (Å²) in [4.78, 5) is 12.1. The van der Waals surface area contributed by atoms with Gasteiger partial charge in [0.2, 0.25) is 5.91 Å². The second-order valence-corrected chi connectivity index (χ2v) is 5.46. The molecular formula is C13H25ClN2O2. The summed E-state index contributed by atoms with van der Waals surface area (Å²) in [7, 11) is 0. The van der Waals surface area contributed by atoms with Crippen molar-refractivity contribution < 1.29 is 9.53 Å². The standard InChI is InChI=1S/C13H24N2O2.ClH/c1-9-5-6-14-10(2)12(9)15-13(16)11-4-3-7-17-8-11;/h9-12,14H,3-8H2,1-2H3,(H,15,16);1H. The molecule has 106 valence electrons. The van der Waals surface area contributed by atoms with Crippen LogP contribution in [0.25, 0.3) is 0 Å². The van der Waals surface area contributed by atoms with Crippen LogP contribution in [0.5, 0.6) is 0 Å². The van der Waals surface area contributed by atoms with Gasteiger partial charge in [-0.3, -0.25) is 4.79 Å². The number of nitrogens with one attached hydrogen (secondary N) is 2. The van der Waals surface area contributed by atoms with Crippen molar-refractivity contribution in [3.63, 3.8) is 0 Å². The molecule has 4 nitrogen and oxygen atoms in total. The van der Waals surface area contributed by atoms with Crippen LogP contribution in [0.3, 0.4) is 0 Å². The van der Waals surface area contributed by atoms with E-state index in [1.54, 1.807) is 0 Å². The fraction of sp³-hybridized carbons (Fsp3) is 0.923. The first-order chi connectivity index (χ1) is 8.18. The van der Waals surface area contributed by atoms with Gasteiger partial charge in [-0.15, -0.1) is 12.4 Å². The molecule has 2 saturated heterocycles. The highest BCUT2D eigenvalue weighted by Crippen LogP contribution is 2.19. The van der Waals surface area contributed by atoms with Crippen molar-refractivity contribution in [2.24, 2.45) is 11.8 Å². The summed E-state index contributed by atoms with van der Waals surface area (Å²) in [6.45, 7) is 6.83. The van der Waals surface area contributed by atoms with Gasteiger partial charge in [-0.25, -0.2) is 0 Å². The molecule has 0 aromatic heterocycles. The second-order valence-electron chi connectivity index (χ2n) is 5.46. The van der Waals surface area contributed by atoms with Gasteiger partial charge in [-0.05, 0) is 38.6 Å². The maximum absolute atomic E-state index is 12.1. The number of ether oxygens (including phenoxy) is 1. The first-order valence-electron chi connectivity index (χ1n) is 6.80. The molecule has 2 N–H and O–H groups in total. The zero-order valence-corrected chi connectivity index (χ0v) is 12.1. The lowest BCUT2D eigenvalue weighted by Gasteiger charge is -2.37. The summed E-state index contributed by atoms with van der Waals surface area (Å²) in [5.41, 5.74) is 0. The minimum atomic E-state index is 0. The van der Waals surface area contributed by atoms with Crippen molar-refractivity contribution in [1.82, 2.24) is 10.6 Å². The van der Waals surface area contributed by atoms with Gasteiger partial charge in [0.25, 0.3) is 0 Å². The van der Waals surface area contributed by atoms with E-state index in [9.17, 15) is 4.79 Å². The minimum absolute atomic E-state index is 0. The Morgan fingerprint density at radius 2 is 2.11 bits per heavy atom. The van der Waals surface area contributed by atoms with Crippen LogP contribution >= 0.6 is 12.4 Å². The molecule has 0 radical (unpaired) electrons. The van der Waals surface area contributed by atoms with Crippen LogP contribution in [-0.4, -0.2) is 37.7 Å². The molecule has 0 bridgehead atoms. The van der Waals surface area contributed by atoms with E-state index in [1.165, 1.54) is 0 Å². The van der Waals surface area contributed by atoms with Gasteiger partial charge in [0.05, 0.1) is 12.5 Å². The predicted octanol–water partition coefficient (Wildman–Crippen LogP) is 1.34. The van der Waals surface area contributed by atoms with E-state index in [2.05, 4.69) is 24.5 Å². The Balaban J connectivity index is 0.00000162. The van der Waals surface area contributed by atoms with Gasteiger partial charge in [0.15, 0.2) is 0 Å². The number of piperidine rings is 1. The summed E-state index contributed by atoms with van der Waals surface area (Å²) in [5.74, 6) is 0.793. The molecule has 4 unspecified atom stereocenters. The van der Waals surface area contributed by atoms with E-state index >= 15 is 0 Å². The topological polar surface area (TPSA) is 50.4 Å². The Hall–Kier alpha value is -0.320. The maximum Gasteiger partial charge on any atom is 0.225 e. The van der Waals surface area contributed by atoms with Crippen molar-refractivity contribution in [3.8, 4) is 0 Å². The number of carbonyl (C=O) groups is 1. The SMILES string of the molecule is CC1CCNC(C)C1NC(=O)C1CCCOC1.Cl. The van der Waals surface area contributed by atoms with Crippen LogP contribution in [0, 0.1) is 11.8 Å². The molecule has 2 aliphatic rings. The van der Waals surface area contributed by atoms with Crippen LogP contribution in [0.2, 0.25) is 0 Å². The van der Waals surface area contributed by atoms with Gasteiger partial charge >= 0.3 is 0 Å². The molecule has 0 aliphatic carbocycles. The summed E-state index contributed by atoms with van der Waals surface area (Å²) in [6, 6.07) is 0.630. The molecule has 5 heteroatoms. The molecule has 0 spiro atoms. The Labute approximate surface area is 116 Å². The number of halogens is 1. The zero-order valence-electron chi connectivity index (χ0n) is 11.3. The lowest BCUT2D eigenvalue weighted by molar-refractivity contribution is -0.130. The van der Waals surface area contributed by atoms with Crippen LogP contribution in [0.4, 0.5) is 0 Å². The highest BCUT2D eigenvalue weighted by atomic mass is 35.5. The van der Waals surface area contributed by atoms with E-state index in [1.807, 2.05) is 0 Å². The van der Waals surface area contributed by atoms with Crippen molar-refractivity contribution >= 4 is 18.3 Å². The molecule has 0 aromatic carbocycles. The second kappa shape index (κ2) is 7.31. The molecule has 2 heterocycles. The third kappa shape index (κ3) is 3.84. The van der Waals surface area contributed by atoms with E-state index in [0.29, 0.717) is 18.6 Å². The number of hydrogen-bond donors (Lipinski definition) is 2. The minimum Gasteiger partial charge on any atom is -0.381 e. The van der Waals surface area contributed by atoms with Crippen molar-refractivity contribution in [2.75, 3.05) is 19.8 Å². The molecule has 4 atom stereocenters. The number of rotatable bonds is 2. The van der Waals surface area contributed by atoms with Crippen molar-refractivity contribution in [1.29, 1.82) is 0 Å². The fourth-order valence-corrected chi connectivity index (χ4v) is 2.83. The Bertz CT molecular complexity index is 260. The van der Waals surface area contributed by atoms with Crippen LogP contribution in [0.1, 0.15) is 33.1 Å². The lowest BCUT2D eigenvalue weighted by atomic mass is 9.88. The summed E-state index contributed by atoms with van der Waals surface area (Å²) in [6.07, 6.45) is 3.11. The molecule has 2 rings (SSSR count). The molecule has 2 fully saturated rings.